The topological polar surface area (TPSA) is 86.9 Å². The lowest BCUT2D eigenvalue weighted by molar-refractivity contribution is -0.0167. The Morgan fingerprint density at radius 2 is 1.42 bits per heavy atom. The number of carbonyl (C=O) groups excluding carboxylic acids is 2. The Kier molecular flexibility index (Phi) is 6.01. The molecule has 0 saturated heterocycles. The number of carbonyl (C=O) groups is 2. The number of amides is 2. The number of rotatable bonds is 5. The van der Waals surface area contributed by atoms with Gasteiger partial charge in [0.2, 0.25) is 0 Å². The monoisotopic (exact) mass is 510 g/mol. The van der Waals surface area contributed by atoms with Gasteiger partial charge in [-0.25, -0.2) is 4.98 Å². The number of aromatic nitrogens is 2. The van der Waals surface area contributed by atoms with Crippen LogP contribution in [-0.4, -0.2) is 33.4 Å². The quantitative estimate of drug-likeness (QED) is 0.348. The van der Waals surface area contributed by atoms with Gasteiger partial charge in [0.05, 0.1) is 11.0 Å². The molecule has 6 heteroatoms. The highest BCUT2D eigenvalue weighted by Crippen LogP contribution is 2.55. The summed E-state index contributed by atoms with van der Waals surface area (Å²) in [6.45, 7) is 0. The van der Waals surface area contributed by atoms with Crippen LogP contribution in [0.4, 0.5) is 0 Å². The van der Waals surface area contributed by atoms with E-state index in [1.807, 2.05) is 42.5 Å². The Labute approximate surface area is 224 Å². The molecule has 6 nitrogen and oxygen atoms in total. The Hall–Kier alpha value is -3.15. The van der Waals surface area contributed by atoms with Gasteiger partial charge in [0.15, 0.2) is 0 Å². The molecule has 38 heavy (non-hydrogen) atoms. The van der Waals surface area contributed by atoms with Crippen molar-refractivity contribution in [2.24, 2.45) is 17.8 Å². The number of H-pyrrole nitrogens is 1. The number of fused-ring (bicyclic) bond motifs is 1. The van der Waals surface area contributed by atoms with Crippen molar-refractivity contribution in [2.45, 2.75) is 88.6 Å². The number of hydrogen-bond acceptors (Lipinski definition) is 3. The van der Waals surface area contributed by atoms with Gasteiger partial charge in [-0.2, -0.15) is 0 Å². The van der Waals surface area contributed by atoms with Crippen LogP contribution in [0.15, 0.2) is 42.5 Å². The zero-order chi connectivity index (χ0) is 25.7. The van der Waals surface area contributed by atoms with Crippen LogP contribution in [-0.2, 0) is 0 Å². The molecule has 0 aliphatic heterocycles. The smallest absolute Gasteiger partial charge is 0.251 e. The summed E-state index contributed by atoms with van der Waals surface area (Å²) in [6.07, 6.45) is 14.6. The van der Waals surface area contributed by atoms with Crippen LogP contribution in [0.3, 0.4) is 0 Å². The van der Waals surface area contributed by atoms with E-state index in [0.717, 1.165) is 72.3 Å². The highest BCUT2D eigenvalue weighted by Gasteiger charge is 2.51. The summed E-state index contributed by atoms with van der Waals surface area (Å²) >= 11 is 0. The first-order valence-electron chi connectivity index (χ1n) is 14.8. The van der Waals surface area contributed by atoms with Gasteiger partial charge in [-0.15, -0.1) is 0 Å². The Bertz CT molecular complexity index is 1310. The fraction of sp³-hybridized carbons (Fsp3) is 0.531. The van der Waals surface area contributed by atoms with E-state index in [1.54, 1.807) is 0 Å². The average molecular weight is 511 g/mol. The molecule has 0 atom stereocenters. The average Bonchev–Trinajstić information content (AvgIpc) is 3.16. The molecule has 198 valence electrons. The standard InChI is InChI=1S/C32H38N4O2/c37-30(33-26-5-3-1-2-4-6-26)24-9-7-23(8-10-24)29-34-27-12-11-25(16-28(27)35-29)31(38)36-32-17-20-13-21(18-32)15-22(14-20)19-32/h7-12,16,20-22,26H,1-6,13-15,17-19H2,(H,33,37)(H,34,35)(H,36,38). The number of benzene rings is 2. The first-order valence-corrected chi connectivity index (χ1v) is 14.8. The minimum Gasteiger partial charge on any atom is -0.349 e. The summed E-state index contributed by atoms with van der Waals surface area (Å²) in [5.74, 6) is 3.17. The predicted molar refractivity (Wildman–Crippen MR) is 149 cm³/mol. The molecule has 1 heterocycles. The number of hydrogen-bond donors (Lipinski definition) is 3. The van der Waals surface area contributed by atoms with E-state index < -0.39 is 0 Å². The van der Waals surface area contributed by atoms with Crippen LogP contribution in [0.2, 0.25) is 0 Å². The molecule has 5 saturated carbocycles. The van der Waals surface area contributed by atoms with Crippen LogP contribution in [0.25, 0.3) is 22.4 Å². The van der Waals surface area contributed by atoms with Gasteiger partial charge in [-0.3, -0.25) is 9.59 Å². The van der Waals surface area contributed by atoms with Crippen molar-refractivity contribution in [2.75, 3.05) is 0 Å². The normalized spacial score (nSPS) is 28.8. The number of imidazole rings is 1. The minimum atomic E-state index is 0.00176. The van der Waals surface area contributed by atoms with Gasteiger partial charge in [0.1, 0.15) is 5.82 Å². The lowest BCUT2D eigenvalue weighted by Gasteiger charge is -2.56. The van der Waals surface area contributed by atoms with E-state index in [-0.39, 0.29) is 23.4 Å². The zero-order valence-electron chi connectivity index (χ0n) is 22.1. The molecule has 3 N–H and O–H groups in total. The molecule has 5 aliphatic carbocycles. The fourth-order valence-electron chi connectivity index (χ4n) is 8.33. The summed E-state index contributed by atoms with van der Waals surface area (Å²) in [4.78, 5) is 34.3. The Balaban J connectivity index is 1.04. The van der Waals surface area contributed by atoms with Crippen LogP contribution in [0.1, 0.15) is 97.8 Å². The maximum absolute atomic E-state index is 13.3. The van der Waals surface area contributed by atoms with Gasteiger partial charge in [-0.05, 0) is 99.5 Å². The van der Waals surface area contributed by atoms with Gasteiger partial charge < -0.3 is 15.6 Å². The van der Waals surface area contributed by atoms with Crippen molar-refractivity contribution in [1.29, 1.82) is 0 Å². The number of aromatic amines is 1. The van der Waals surface area contributed by atoms with Crippen LogP contribution < -0.4 is 10.6 Å². The lowest BCUT2D eigenvalue weighted by atomic mass is 9.53. The molecule has 5 aliphatic rings. The fourth-order valence-corrected chi connectivity index (χ4v) is 8.33. The summed E-state index contributed by atoms with van der Waals surface area (Å²) in [5, 5.41) is 6.70. The maximum atomic E-state index is 13.3. The second-order valence-corrected chi connectivity index (χ2v) is 12.7. The van der Waals surface area contributed by atoms with Crippen LogP contribution in [0, 0.1) is 17.8 Å². The summed E-state index contributed by atoms with van der Waals surface area (Å²) in [5.41, 5.74) is 3.97. The van der Waals surface area contributed by atoms with Crippen molar-refractivity contribution >= 4 is 22.8 Å². The SMILES string of the molecule is O=C(NC1CCCCCC1)c1ccc(-c2nc3cc(C(=O)NC45CC6CC(CC(C6)C4)C5)ccc3[nH]2)cc1. The molecule has 0 unspecified atom stereocenters. The van der Waals surface area contributed by atoms with Gasteiger partial charge in [-0.1, -0.05) is 37.8 Å². The minimum absolute atomic E-state index is 0.00176. The Morgan fingerprint density at radius 1 is 0.789 bits per heavy atom. The molecule has 0 radical (unpaired) electrons. The third kappa shape index (κ3) is 4.63. The second kappa shape index (κ2) is 9.55. The lowest BCUT2D eigenvalue weighted by Crippen LogP contribution is -2.59. The molecule has 1 aromatic heterocycles. The van der Waals surface area contributed by atoms with Crippen molar-refractivity contribution in [3.63, 3.8) is 0 Å². The third-order valence-electron chi connectivity index (χ3n) is 9.77. The van der Waals surface area contributed by atoms with E-state index in [1.165, 1.54) is 44.9 Å². The highest BCUT2D eigenvalue weighted by molar-refractivity contribution is 5.98. The van der Waals surface area contributed by atoms with E-state index in [0.29, 0.717) is 11.1 Å². The van der Waals surface area contributed by atoms with E-state index >= 15 is 0 Å². The zero-order valence-corrected chi connectivity index (χ0v) is 22.1. The van der Waals surface area contributed by atoms with Gasteiger partial charge >= 0.3 is 0 Å². The Morgan fingerprint density at radius 3 is 2.08 bits per heavy atom. The molecule has 4 bridgehead atoms. The largest absolute Gasteiger partial charge is 0.349 e. The van der Waals surface area contributed by atoms with Crippen molar-refractivity contribution in [3.8, 4) is 11.4 Å². The predicted octanol–water partition coefficient (Wildman–Crippen LogP) is 6.38. The second-order valence-electron chi connectivity index (χ2n) is 12.7. The molecule has 0 spiro atoms. The van der Waals surface area contributed by atoms with E-state index in [9.17, 15) is 9.59 Å². The van der Waals surface area contributed by atoms with Crippen molar-refractivity contribution in [3.05, 3.63) is 53.6 Å². The summed E-state index contributed by atoms with van der Waals surface area (Å²) in [7, 11) is 0. The van der Waals surface area contributed by atoms with Crippen LogP contribution in [0.5, 0.6) is 0 Å². The molecule has 2 aromatic carbocycles. The molecule has 3 aromatic rings. The first-order chi connectivity index (χ1) is 18.5. The molecule has 5 fully saturated rings. The first kappa shape index (κ1) is 23.9. The van der Waals surface area contributed by atoms with E-state index in [2.05, 4.69) is 15.6 Å². The number of nitrogens with one attached hydrogen (secondary N) is 3. The summed E-state index contributed by atoms with van der Waals surface area (Å²) < 4.78 is 0. The van der Waals surface area contributed by atoms with Crippen molar-refractivity contribution in [1.82, 2.24) is 20.6 Å². The maximum Gasteiger partial charge on any atom is 0.251 e. The van der Waals surface area contributed by atoms with Crippen molar-refractivity contribution < 1.29 is 9.59 Å². The van der Waals surface area contributed by atoms with E-state index in [4.69, 9.17) is 4.98 Å². The molecule has 8 rings (SSSR count). The van der Waals surface area contributed by atoms with Gasteiger partial charge in [0.25, 0.3) is 11.8 Å². The number of nitrogens with zero attached hydrogens (tertiary/aromatic N) is 1. The molecular weight excluding hydrogens is 472 g/mol. The van der Waals surface area contributed by atoms with Gasteiger partial charge in [0, 0.05) is 28.3 Å². The summed E-state index contributed by atoms with van der Waals surface area (Å²) in [6, 6.07) is 13.7. The molecular formula is C32H38N4O2. The van der Waals surface area contributed by atoms with Crippen LogP contribution >= 0.6 is 0 Å². The molecule has 2 amide bonds. The highest BCUT2D eigenvalue weighted by atomic mass is 16.2. The third-order valence-corrected chi connectivity index (χ3v) is 9.77.